The maximum absolute atomic E-state index is 14.1. The maximum Gasteiger partial charge on any atom is 0.263 e. The number of aromatic nitrogens is 2. The summed E-state index contributed by atoms with van der Waals surface area (Å²) < 4.78 is 8.01. The van der Waals surface area contributed by atoms with Gasteiger partial charge in [0.2, 0.25) is 0 Å². The minimum atomic E-state index is -0.0312. The molecule has 0 amide bonds. The van der Waals surface area contributed by atoms with Crippen LogP contribution in [0.1, 0.15) is 113 Å². The quantitative estimate of drug-likeness (QED) is 0.0723. The summed E-state index contributed by atoms with van der Waals surface area (Å²) >= 11 is 5.02. The van der Waals surface area contributed by atoms with Crippen LogP contribution >= 0.6 is 34.0 Å². The zero-order valence-electron chi connectivity index (χ0n) is 28.3. The largest absolute Gasteiger partial charge is 0.274 e. The van der Waals surface area contributed by atoms with Gasteiger partial charge in [-0.25, -0.2) is 0 Å². The van der Waals surface area contributed by atoms with Gasteiger partial charge in [0.25, 0.3) is 11.1 Å². The van der Waals surface area contributed by atoms with Crippen LogP contribution in [0.3, 0.4) is 0 Å². The molecule has 0 atom stereocenters. The van der Waals surface area contributed by atoms with Crippen molar-refractivity contribution in [3.63, 3.8) is 0 Å². The fourth-order valence-corrected chi connectivity index (χ4v) is 10.7. The van der Waals surface area contributed by atoms with Crippen molar-refractivity contribution in [2.75, 3.05) is 0 Å². The Labute approximate surface area is 298 Å². The van der Waals surface area contributed by atoms with E-state index in [1.54, 1.807) is 34.0 Å². The van der Waals surface area contributed by atoms with E-state index in [2.05, 4.69) is 61.8 Å². The third-order valence-electron chi connectivity index (χ3n) is 9.91. The van der Waals surface area contributed by atoms with Crippen LogP contribution in [0.15, 0.2) is 46.0 Å². The molecule has 7 heterocycles. The van der Waals surface area contributed by atoms with Gasteiger partial charge in [0, 0.05) is 34.4 Å². The van der Waals surface area contributed by atoms with Gasteiger partial charge in [-0.15, -0.1) is 34.0 Å². The Morgan fingerprint density at radius 3 is 1.41 bits per heavy atom. The molecule has 8 aromatic rings. The van der Waals surface area contributed by atoms with Crippen molar-refractivity contribution in [3.8, 4) is 23.7 Å². The fourth-order valence-electron chi connectivity index (χ4n) is 7.40. The number of nitrogens with zero attached hydrogens (tertiary/aromatic N) is 2. The molecular weight excluding hydrogens is 661 g/mol. The minimum Gasteiger partial charge on any atom is -0.274 e. The lowest BCUT2D eigenvalue weighted by molar-refractivity contribution is 0.614. The molecule has 0 unspecified atom stereocenters. The summed E-state index contributed by atoms with van der Waals surface area (Å²) in [5, 5.41) is 3.18. The number of unbranched alkanes of at least 4 members (excludes halogenated alkanes) is 12. The van der Waals surface area contributed by atoms with Gasteiger partial charge in [0.1, 0.15) is 0 Å². The first-order valence-corrected chi connectivity index (χ1v) is 20.5. The highest BCUT2D eigenvalue weighted by atomic mass is 32.1. The fraction of sp³-hybridized carbons (Fsp3) is 0.381. The smallest absolute Gasteiger partial charge is 0.263 e. The summed E-state index contributed by atoms with van der Waals surface area (Å²) in [5.74, 6) is 13.5. The number of rotatable bonds is 12. The van der Waals surface area contributed by atoms with Crippen molar-refractivity contribution in [1.82, 2.24) is 8.80 Å². The van der Waals surface area contributed by atoms with Crippen molar-refractivity contribution < 1.29 is 0 Å². The molecule has 0 aliphatic rings. The van der Waals surface area contributed by atoms with E-state index in [0.29, 0.717) is 10.8 Å². The molecule has 248 valence electrons. The van der Waals surface area contributed by atoms with Crippen LogP contribution in [-0.2, 0) is 0 Å². The third kappa shape index (κ3) is 5.71. The van der Waals surface area contributed by atoms with E-state index in [-0.39, 0.29) is 11.1 Å². The minimum absolute atomic E-state index is 0.0312. The van der Waals surface area contributed by atoms with Gasteiger partial charge in [-0.3, -0.25) is 18.4 Å². The van der Waals surface area contributed by atoms with Crippen molar-refractivity contribution in [1.29, 1.82) is 0 Å². The molecule has 0 saturated heterocycles. The highest BCUT2D eigenvalue weighted by Gasteiger charge is 2.24. The monoisotopic (exact) mass is 700 g/mol. The number of thiophene rings is 3. The molecule has 49 heavy (non-hydrogen) atoms. The van der Waals surface area contributed by atoms with Gasteiger partial charge in [0.15, 0.2) is 0 Å². The second-order valence-electron chi connectivity index (χ2n) is 13.4. The average Bonchev–Trinajstić information content (AvgIpc) is 3.91. The predicted octanol–water partition coefficient (Wildman–Crippen LogP) is 11.9. The first-order valence-electron chi connectivity index (χ1n) is 18.1. The normalized spacial score (nSPS) is 12.0. The predicted molar refractivity (Wildman–Crippen MR) is 214 cm³/mol. The van der Waals surface area contributed by atoms with E-state index >= 15 is 0 Å². The lowest BCUT2D eigenvalue weighted by Gasteiger charge is -2.05. The zero-order chi connectivity index (χ0) is 33.5. The first-order chi connectivity index (χ1) is 24.1. The van der Waals surface area contributed by atoms with Crippen LogP contribution in [0.25, 0.3) is 62.4 Å². The van der Waals surface area contributed by atoms with Crippen molar-refractivity contribution in [3.05, 3.63) is 66.9 Å². The molecule has 0 spiro atoms. The number of benzene rings is 1. The summed E-state index contributed by atoms with van der Waals surface area (Å²) in [6.07, 6.45) is 17.0. The molecule has 0 saturated carbocycles. The van der Waals surface area contributed by atoms with E-state index in [9.17, 15) is 9.59 Å². The van der Waals surface area contributed by atoms with Crippen LogP contribution in [-0.4, -0.2) is 8.80 Å². The molecule has 0 radical (unpaired) electrons. The first kappa shape index (κ1) is 32.3. The SMILES string of the molecule is CCCCCCCCC#Cc1cc2c(cc3c4sc5c6c(ccc(c(=O)n23)c46)c(=O)n2c3cc(C#CCCCCCCCC)sc3cc52)s1. The number of pyridine rings is 2. The van der Waals surface area contributed by atoms with Crippen LogP contribution in [0.5, 0.6) is 0 Å². The molecule has 0 aliphatic carbocycles. The van der Waals surface area contributed by atoms with Crippen molar-refractivity contribution >= 4 is 96.4 Å². The van der Waals surface area contributed by atoms with Gasteiger partial charge >= 0.3 is 0 Å². The summed E-state index contributed by atoms with van der Waals surface area (Å²) in [4.78, 5) is 30.2. The van der Waals surface area contributed by atoms with Crippen LogP contribution in [0.4, 0.5) is 0 Å². The molecule has 1 aromatic carbocycles. The molecule has 4 nitrogen and oxygen atoms in total. The number of hydrogen-bond donors (Lipinski definition) is 0. The van der Waals surface area contributed by atoms with E-state index in [4.69, 9.17) is 0 Å². The van der Waals surface area contributed by atoms with Gasteiger partial charge in [-0.2, -0.15) is 0 Å². The lowest BCUT2D eigenvalue weighted by Crippen LogP contribution is -2.14. The molecular formula is C42H40N2O2S3. The Bertz CT molecular complexity index is 2530. The molecule has 7 heteroatoms. The topological polar surface area (TPSA) is 43.0 Å². The van der Waals surface area contributed by atoms with E-state index in [1.165, 1.54) is 64.2 Å². The van der Waals surface area contributed by atoms with E-state index in [0.717, 1.165) is 87.1 Å². The molecule has 0 bridgehead atoms. The Kier molecular flexibility index (Phi) is 9.10. The Balaban J connectivity index is 1.14. The van der Waals surface area contributed by atoms with Crippen molar-refractivity contribution in [2.45, 2.75) is 104 Å². The summed E-state index contributed by atoms with van der Waals surface area (Å²) in [6, 6.07) is 12.2. The standard InChI is InChI=1S/C42H40N2O2S3/c1-3-5-7-9-11-13-15-17-19-27-23-31-35(47-27)25-33-39-37-29(41(45)43(31)33)21-22-30-38(37)40(49-39)34-26-36-32(44(34)42(30)46)24-28(48-36)20-18-16-14-12-10-8-6-4-2/h21-26H,3-16H2,1-2H3. The molecule has 0 N–H and O–H groups in total. The van der Waals surface area contributed by atoms with Crippen molar-refractivity contribution in [2.24, 2.45) is 0 Å². The van der Waals surface area contributed by atoms with Gasteiger partial charge in [-0.1, -0.05) is 102 Å². The molecule has 0 aliphatic heterocycles. The molecule has 8 rings (SSSR count). The van der Waals surface area contributed by atoms with Crippen LogP contribution in [0, 0.1) is 23.7 Å². The van der Waals surface area contributed by atoms with Gasteiger partial charge in [0.05, 0.1) is 50.6 Å². The zero-order valence-corrected chi connectivity index (χ0v) is 30.7. The van der Waals surface area contributed by atoms with Gasteiger partial charge in [-0.05, 0) is 49.2 Å². The third-order valence-corrected chi connectivity index (χ3v) is 13.1. The molecule has 7 aromatic heterocycles. The highest BCUT2D eigenvalue weighted by molar-refractivity contribution is 7.28. The summed E-state index contributed by atoms with van der Waals surface area (Å²) in [6.45, 7) is 4.49. The second kappa shape index (κ2) is 13.8. The van der Waals surface area contributed by atoms with Crippen LogP contribution < -0.4 is 11.1 Å². The number of fused-ring (bicyclic) bond motifs is 8. The lowest BCUT2D eigenvalue weighted by atomic mass is 10.0. The van der Waals surface area contributed by atoms with Gasteiger partial charge < -0.3 is 0 Å². The Morgan fingerprint density at radius 1 is 0.531 bits per heavy atom. The molecule has 0 fully saturated rings. The highest BCUT2D eigenvalue weighted by Crippen LogP contribution is 2.45. The van der Waals surface area contributed by atoms with E-state index in [1.807, 2.05) is 20.9 Å². The maximum atomic E-state index is 14.1. The summed E-state index contributed by atoms with van der Waals surface area (Å²) in [5.41, 5.74) is 3.62. The second-order valence-corrected chi connectivity index (χ2v) is 16.6. The van der Waals surface area contributed by atoms with Crippen LogP contribution in [0.2, 0.25) is 0 Å². The Hall–Kier alpha value is -3.88. The summed E-state index contributed by atoms with van der Waals surface area (Å²) in [7, 11) is 0. The van der Waals surface area contributed by atoms with E-state index < -0.39 is 0 Å². The average molecular weight is 701 g/mol. The number of hydrogen-bond acceptors (Lipinski definition) is 5. The Morgan fingerprint density at radius 2 is 0.959 bits per heavy atom.